The molecule has 5 nitrogen and oxygen atoms in total. The van der Waals surface area contributed by atoms with Crippen LogP contribution in [0.4, 0.5) is 27.6 Å². The van der Waals surface area contributed by atoms with Gasteiger partial charge in [0, 0.05) is 17.8 Å². The fraction of sp³-hybridized carbons (Fsp3) is 0.125. The van der Waals surface area contributed by atoms with E-state index in [1.807, 2.05) is 0 Å². The Balaban J connectivity index is 1.92. The fourth-order valence-electron chi connectivity index (χ4n) is 1.91. The van der Waals surface area contributed by atoms with Crippen LogP contribution in [0.1, 0.15) is 10.4 Å². The highest BCUT2D eigenvalue weighted by atomic mass is 19.4. The summed E-state index contributed by atoms with van der Waals surface area (Å²) in [6.45, 7) is -0.583. The van der Waals surface area contributed by atoms with E-state index in [9.17, 15) is 31.5 Å². The SMILES string of the molecule is O=C(CNC(=O)c1ccc(F)cc1F)Nc1cccc(OC(F)(F)F)c1. The number of carbonyl (C=O) groups excluding carboxylic acids is 2. The molecule has 0 aliphatic heterocycles. The molecule has 0 aromatic heterocycles. The van der Waals surface area contributed by atoms with Gasteiger partial charge in [-0.2, -0.15) is 0 Å². The molecule has 0 aliphatic carbocycles. The minimum Gasteiger partial charge on any atom is -0.406 e. The number of ether oxygens (including phenoxy) is 1. The third kappa shape index (κ3) is 5.72. The van der Waals surface area contributed by atoms with Crippen LogP contribution < -0.4 is 15.4 Å². The monoisotopic (exact) mass is 374 g/mol. The predicted octanol–water partition coefficient (Wildman–Crippen LogP) is 3.23. The van der Waals surface area contributed by atoms with Crippen LogP contribution in [0.2, 0.25) is 0 Å². The normalized spacial score (nSPS) is 11.0. The summed E-state index contributed by atoms with van der Waals surface area (Å²) in [4.78, 5) is 23.5. The van der Waals surface area contributed by atoms with Crippen molar-refractivity contribution in [3.63, 3.8) is 0 Å². The lowest BCUT2D eigenvalue weighted by Crippen LogP contribution is -2.33. The summed E-state index contributed by atoms with van der Waals surface area (Å²) in [6, 6.07) is 6.82. The third-order valence-corrected chi connectivity index (χ3v) is 2.94. The highest BCUT2D eigenvalue weighted by Gasteiger charge is 2.31. The number of rotatable bonds is 5. The Morgan fingerprint density at radius 1 is 1.04 bits per heavy atom. The van der Waals surface area contributed by atoms with Gasteiger partial charge in [-0.15, -0.1) is 13.2 Å². The minimum atomic E-state index is -4.88. The molecule has 0 unspecified atom stereocenters. The third-order valence-electron chi connectivity index (χ3n) is 2.94. The molecule has 0 bridgehead atoms. The summed E-state index contributed by atoms with van der Waals surface area (Å²) in [7, 11) is 0. The van der Waals surface area contributed by atoms with Crippen LogP contribution in [0.3, 0.4) is 0 Å². The molecule has 0 heterocycles. The molecule has 2 amide bonds. The number of alkyl halides is 3. The molecule has 10 heteroatoms. The van der Waals surface area contributed by atoms with Crippen molar-refractivity contribution in [1.29, 1.82) is 0 Å². The molecule has 2 rings (SSSR count). The van der Waals surface area contributed by atoms with Gasteiger partial charge in [-0.3, -0.25) is 9.59 Å². The van der Waals surface area contributed by atoms with E-state index in [1.54, 1.807) is 0 Å². The van der Waals surface area contributed by atoms with E-state index in [2.05, 4.69) is 15.4 Å². The number of hydrogen-bond donors (Lipinski definition) is 2. The van der Waals surface area contributed by atoms with Crippen molar-refractivity contribution in [3.05, 3.63) is 59.7 Å². The zero-order valence-electron chi connectivity index (χ0n) is 12.9. The molecule has 0 radical (unpaired) electrons. The van der Waals surface area contributed by atoms with Crippen LogP contribution in [0.25, 0.3) is 0 Å². The van der Waals surface area contributed by atoms with Gasteiger partial charge >= 0.3 is 6.36 Å². The molecular weight excluding hydrogens is 363 g/mol. The Bertz CT molecular complexity index is 824. The maximum atomic E-state index is 13.4. The quantitative estimate of drug-likeness (QED) is 0.790. The number of hydrogen-bond acceptors (Lipinski definition) is 3. The fourth-order valence-corrected chi connectivity index (χ4v) is 1.91. The van der Waals surface area contributed by atoms with E-state index in [-0.39, 0.29) is 5.69 Å². The van der Waals surface area contributed by atoms with Gasteiger partial charge in [0.15, 0.2) is 0 Å². The van der Waals surface area contributed by atoms with Crippen LogP contribution in [-0.2, 0) is 4.79 Å². The van der Waals surface area contributed by atoms with E-state index < -0.39 is 47.7 Å². The zero-order valence-corrected chi connectivity index (χ0v) is 12.9. The van der Waals surface area contributed by atoms with Gasteiger partial charge < -0.3 is 15.4 Å². The van der Waals surface area contributed by atoms with E-state index in [4.69, 9.17) is 0 Å². The van der Waals surface area contributed by atoms with Gasteiger partial charge in [0.25, 0.3) is 5.91 Å². The molecule has 0 fully saturated rings. The first kappa shape index (κ1) is 19.2. The van der Waals surface area contributed by atoms with Crippen molar-refractivity contribution in [2.45, 2.75) is 6.36 Å². The van der Waals surface area contributed by atoms with Gasteiger partial charge in [0.1, 0.15) is 17.4 Å². The number of amides is 2. The van der Waals surface area contributed by atoms with Gasteiger partial charge in [0.2, 0.25) is 5.91 Å². The van der Waals surface area contributed by atoms with Gasteiger partial charge in [-0.05, 0) is 24.3 Å². The second-order valence-electron chi connectivity index (χ2n) is 4.93. The number of halogens is 5. The Morgan fingerprint density at radius 3 is 2.42 bits per heavy atom. The van der Waals surface area contributed by atoms with Gasteiger partial charge in [-0.25, -0.2) is 8.78 Å². The highest BCUT2D eigenvalue weighted by Crippen LogP contribution is 2.24. The number of carbonyl (C=O) groups is 2. The maximum absolute atomic E-state index is 13.4. The highest BCUT2D eigenvalue weighted by molar-refractivity contribution is 5.99. The molecule has 0 spiro atoms. The number of anilines is 1. The van der Waals surface area contributed by atoms with Crippen LogP contribution in [0.5, 0.6) is 5.75 Å². The van der Waals surface area contributed by atoms with Crippen molar-refractivity contribution in [1.82, 2.24) is 5.32 Å². The van der Waals surface area contributed by atoms with Crippen molar-refractivity contribution >= 4 is 17.5 Å². The van der Waals surface area contributed by atoms with Gasteiger partial charge in [-0.1, -0.05) is 6.07 Å². The lowest BCUT2D eigenvalue weighted by Gasteiger charge is -2.11. The van der Waals surface area contributed by atoms with Crippen LogP contribution in [0, 0.1) is 11.6 Å². The summed E-state index contributed by atoms with van der Waals surface area (Å²) in [5.41, 5.74) is -0.460. The maximum Gasteiger partial charge on any atom is 0.573 e. The van der Waals surface area contributed by atoms with Crippen LogP contribution in [0.15, 0.2) is 42.5 Å². The van der Waals surface area contributed by atoms with E-state index in [0.717, 1.165) is 24.3 Å². The Kier molecular flexibility index (Phi) is 5.75. The second-order valence-corrected chi connectivity index (χ2v) is 4.93. The van der Waals surface area contributed by atoms with Gasteiger partial charge in [0.05, 0.1) is 12.1 Å². The molecule has 0 atom stereocenters. The molecule has 0 saturated carbocycles. The average molecular weight is 374 g/mol. The Morgan fingerprint density at radius 2 is 1.77 bits per heavy atom. The molecule has 0 aliphatic rings. The lowest BCUT2D eigenvalue weighted by atomic mass is 10.2. The smallest absolute Gasteiger partial charge is 0.406 e. The first-order valence-corrected chi connectivity index (χ1v) is 7.03. The summed E-state index contributed by atoms with van der Waals surface area (Å²) in [5.74, 6) is -4.22. The molecule has 2 aromatic rings. The Labute approximate surface area is 143 Å². The van der Waals surface area contributed by atoms with Crippen molar-refractivity contribution in [2.24, 2.45) is 0 Å². The average Bonchev–Trinajstić information content (AvgIpc) is 2.51. The van der Waals surface area contributed by atoms with Crippen LogP contribution >= 0.6 is 0 Å². The summed E-state index contributed by atoms with van der Waals surface area (Å²) < 4.78 is 66.4. The molecule has 2 N–H and O–H groups in total. The minimum absolute atomic E-state index is 0.000961. The molecular formula is C16H11F5N2O3. The topological polar surface area (TPSA) is 67.4 Å². The number of nitrogens with one attached hydrogen (secondary N) is 2. The van der Waals surface area contributed by atoms with Crippen molar-refractivity contribution < 1.29 is 36.3 Å². The first-order chi connectivity index (χ1) is 12.1. The summed E-state index contributed by atoms with van der Waals surface area (Å²) >= 11 is 0. The second kappa shape index (κ2) is 7.81. The van der Waals surface area contributed by atoms with Crippen molar-refractivity contribution in [2.75, 3.05) is 11.9 Å². The molecule has 0 saturated heterocycles. The van der Waals surface area contributed by atoms with E-state index in [0.29, 0.717) is 6.07 Å². The van der Waals surface area contributed by atoms with E-state index >= 15 is 0 Å². The van der Waals surface area contributed by atoms with E-state index in [1.165, 1.54) is 12.1 Å². The molecule has 2 aromatic carbocycles. The predicted molar refractivity (Wildman–Crippen MR) is 80.4 cm³/mol. The molecule has 26 heavy (non-hydrogen) atoms. The first-order valence-electron chi connectivity index (χ1n) is 7.03. The van der Waals surface area contributed by atoms with Crippen LogP contribution in [-0.4, -0.2) is 24.7 Å². The number of benzene rings is 2. The standard InChI is InChI=1S/C16H11F5N2O3/c17-9-4-5-12(13(18)6-9)15(25)22-8-14(24)23-10-2-1-3-11(7-10)26-16(19,20)21/h1-7H,8H2,(H,22,25)(H,23,24). The summed E-state index contributed by atoms with van der Waals surface area (Å²) in [5, 5.41) is 4.35. The lowest BCUT2D eigenvalue weighted by molar-refractivity contribution is -0.274. The summed E-state index contributed by atoms with van der Waals surface area (Å²) in [6.07, 6.45) is -4.88. The zero-order chi connectivity index (χ0) is 19.3. The Hall–Kier alpha value is -3.17. The largest absolute Gasteiger partial charge is 0.573 e. The van der Waals surface area contributed by atoms with Crippen molar-refractivity contribution in [3.8, 4) is 5.75 Å². The molecule has 138 valence electrons.